The maximum atomic E-state index is 14.1. The monoisotopic (exact) mass is 532 g/mol. The lowest BCUT2D eigenvalue weighted by atomic mass is 9.92. The number of carbonyl (C=O) groups excluding carboxylic acids is 2. The number of hydrogen-bond donors (Lipinski definition) is 2. The van der Waals surface area contributed by atoms with Crippen molar-refractivity contribution in [3.63, 3.8) is 0 Å². The summed E-state index contributed by atoms with van der Waals surface area (Å²) in [5.41, 5.74) is 7.28. The number of nitrogens with zero attached hydrogens (tertiary/aromatic N) is 5. The van der Waals surface area contributed by atoms with Gasteiger partial charge in [-0.25, -0.2) is 13.9 Å². The summed E-state index contributed by atoms with van der Waals surface area (Å²) in [7, 11) is 1.62. The Morgan fingerprint density at radius 1 is 1.26 bits per heavy atom. The molecule has 2 heterocycles. The lowest BCUT2D eigenvalue weighted by Crippen LogP contribution is -2.56. The number of likely N-dealkylation sites (tertiary alicyclic amines) is 1. The summed E-state index contributed by atoms with van der Waals surface area (Å²) in [6, 6.07) is 4.01. The molecule has 0 spiro atoms. The molecule has 0 aliphatic carbocycles. The third-order valence-electron chi connectivity index (χ3n) is 6.73. The number of carbonyl (C=O) groups is 3. The first-order valence-electron chi connectivity index (χ1n) is 12.8. The molecule has 2 atom stereocenters. The summed E-state index contributed by atoms with van der Waals surface area (Å²) in [6.45, 7) is 6.50. The van der Waals surface area contributed by atoms with Crippen molar-refractivity contribution in [2.75, 3.05) is 33.4 Å². The molecule has 1 saturated heterocycles. The first kappa shape index (κ1) is 29.0. The molecule has 208 valence electrons. The summed E-state index contributed by atoms with van der Waals surface area (Å²) in [4.78, 5) is 40.6. The third kappa shape index (κ3) is 6.85. The number of ether oxygens (including phenoxy) is 1. The largest absolute Gasteiger partial charge is 0.465 e. The summed E-state index contributed by atoms with van der Waals surface area (Å²) in [5, 5.41) is 18.1. The van der Waals surface area contributed by atoms with Crippen LogP contribution in [-0.4, -0.2) is 87.2 Å². The van der Waals surface area contributed by atoms with E-state index in [1.54, 1.807) is 35.7 Å². The van der Waals surface area contributed by atoms with Crippen molar-refractivity contribution in [2.24, 2.45) is 17.6 Å². The van der Waals surface area contributed by atoms with Crippen LogP contribution in [0.15, 0.2) is 18.2 Å². The van der Waals surface area contributed by atoms with Crippen LogP contribution in [-0.2, 0) is 16.0 Å². The van der Waals surface area contributed by atoms with E-state index in [2.05, 4.69) is 10.3 Å². The number of rotatable bonds is 11. The second-order valence-corrected chi connectivity index (χ2v) is 10.2. The van der Waals surface area contributed by atoms with Gasteiger partial charge in [-0.3, -0.25) is 9.59 Å². The fourth-order valence-electron chi connectivity index (χ4n) is 4.79. The molecule has 0 unspecified atom stereocenters. The minimum Gasteiger partial charge on any atom is -0.465 e. The van der Waals surface area contributed by atoms with Gasteiger partial charge >= 0.3 is 6.09 Å². The van der Waals surface area contributed by atoms with Crippen molar-refractivity contribution >= 4 is 17.9 Å². The Morgan fingerprint density at radius 2 is 2.00 bits per heavy atom. The van der Waals surface area contributed by atoms with E-state index in [1.165, 1.54) is 6.07 Å². The molecule has 3 amide bonds. The van der Waals surface area contributed by atoms with Crippen LogP contribution in [0.25, 0.3) is 5.69 Å². The van der Waals surface area contributed by atoms with Gasteiger partial charge in [0.1, 0.15) is 5.82 Å². The molecule has 38 heavy (non-hydrogen) atoms. The molecular weight excluding hydrogens is 495 g/mol. The molecule has 2 aromatic rings. The summed E-state index contributed by atoms with van der Waals surface area (Å²) < 4.78 is 20.7. The molecule has 12 heteroatoms. The van der Waals surface area contributed by atoms with Crippen LogP contribution < -0.4 is 5.73 Å². The molecule has 1 aromatic heterocycles. The Hall–Kier alpha value is -3.54. The Balaban J connectivity index is 2.02. The molecule has 11 nitrogen and oxygen atoms in total. The SMILES string of the molecule is COCCCCc1c(C(=O)N(CC(C)C)[C@H]2C[C@@H](C(N)=O)CN(C(=O)O)C2)nnn1-c1ccc(F)c(C)c1. The number of aryl methyl sites for hydroxylation is 1. The first-order valence-corrected chi connectivity index (χ1v) is 12.8. The topological polar surface area (TPSA) is 144 Å². The van der Waals surface area contributed by atoms with E-state index in [4.69, 9.17) is 10.5 Å². The zero-order chi connectivity index (χ0) is 28.0. The van der Waals surface area contributed by atoms with E-state index in [0.29, 0.717) is 42.9 Å². The van der Waals surface area contributed by atoms with Crippen LogP contribution in [0.4, 0.5) is 9.18 Å². The Kier molecular flexibility index (Phi) is 9.78. The number of primary amides is 1. The molecule has 0 saturated carbocycles. The number of carboxylic acid groups (broad SMARTS) is 1. The van der Waals surface area contributed by atoms with Gasteiger partial charge in [0.25, 0.3) is 5.91 Å². The minimum atomic E-state index is -1.17. The average Bonchev–Trinajstić information content (AvgIpc) is 3.29. The van der Waals surface area contributed by atoms with E-state index < -0.39 is 29.9 Å². The van der Waals surface area contributed by atoms with Crippen LogP contribution in [0.2, 0.25) is 0 Å². The summed E-state index contributed by atoms with van der Waals surface area (Å²) in [6.07, 6.45) is 1.01. The molecule has 1 aromatic carbocycles. The molecular formula is C26H37FN6O5. The first-order chi connectivity index (χ1) is 18.0. The Bertz CT molecular complexity index is 1130. The normalized spacial score (nSPS) is 17.6. The van der Waals surface area contributed by atoms with Gasteiger partial charge in [-0.1, -0.05) is 19.1 Å². The average molecular weight is 533 g/mol. The van der Waals surface area contributed by atoms with Crippen LogP contribution in [0, 0.1) is 24.6 Å². The van der Waals surface area contributed by atoms with Crippen LogP contribution >= 0.6 is 0 Å². The van der Waals surface area contributed by atoms with Crippen molar-refractivity contribution in [1.82, 2.24) is 24.8 Å². The number of halogens is 1. The maximum Gasteiger partial charge on any atom is 0.407 e. The molecule has 1 fully saturated rings. The van der Waals surface area contributed by atoms with E-state index in [0.717, 1.165) is 11.3 Å². The van der Waals surface area contributed by atoms with Crippen molar-refractivity contribution in [2.45, 2.75) is 52.5 Å². The van der Waals surface area contributed by atoms with Gasteiger partial charge in [-0.2, -0.15) is 0 Å². The molecule has 1 aliphatic heterocycles. The van der Waals surface area contributed by atoms with E-state index in [1.807, 2.05) is 13.8 Å². The third-order valence-corrected chi connectivity index (χ3v) is 6.73. The number of aromatic nitrogens is 3. The zero-order valence-corrected chi connectivity index (χ0v) is 22.4. The second-order valence-electron chi connectivity index (χ2n) is 10.2. The van der Waals surface area contributed by atoms with Gasteiger partial charge in [-0.15, -0.1) is 5.10 Å². The van der Waals surface area contributed by atoms with Gasteiger partial charge in [0, 0.05) is 33.4 Å². The zero-order valence-electron chi connectivity index (χ0n) is 22.4. The second kappa shape index (κ2) is 12.8. The highest BCUT2D eigenvalue weighted by Crippen LogP contribution is 2.26. The molecule has 0 bridgehead atoms. The highest BCUT2D eigenvalue weighted by Gasteiger charge is 2.39. The number of benzene rings is 1. The molecule has 1 aliphatic rings. The molecule has 3 N–H and O–H groups in total. The maximum absolute atomic E-state index is 14.1. The molecule has 3 rings (SSSR count). The standard InChI is InChI=1S/C26H37FN6O5/c1-16(2)13-32(20-12-18(24(28)34)14-31(15-20)26(36)37)25(35)23-22(7-5-6-10-38-4)33(30-29-23)19-8-9-21(27)17(3)11-19/h8-9,11,16,18,20H,5-7,10,12-15H2,1-4H3,(H2,28,34)(H,36,37)/t18-,20+/m1/s1. The van der Waals surface area contributed by atoms with Gasteiger partial charge in [0.15, 0.2) is 5.69 Å². The van der Waals surface area contributed by atoms with Crippen LogP contribution in [0.5, 0.6) is 0 Å². The van der Waals surface area contributed by atoms with Crippen molar-refractivity contribution < 1.29 is 28.6 Å². The fourth-order valence-corrected chi connectivity index (χ4v) is 4.79. The number of methoxy groups -OCH3 is 1. The van der Waals surface area contributed by atoms with Crippen molar-refractivity contribution in [3.8, 4) is 5.69 Å². The van der Waals surface area contributed by atoms with Gasteiger partial charge < -0.3 is 25.4 Å². The predicted molar refractivity (Wildman–Crippen MR) is 137 cm³/mol. The predicted octanol–water partition coefficient (Wildman–Crippen LogP) is 2.64. The smallest absolute Gasteiger partial charge is 0.407 e. The Morgan fingerprint density at radius 3 is 2.61 bits per heavy atom. The van der Waals surface area contributed by atoms with Crippen LogP contribution in [0.3, 0.4) is 0 Å². The lowest BCUT2D eigenvalue weighted by molar-refractivity contribution is -0.124. The van der Waals surface area contributed by atoms with E-state index in [-0.39, 0.29) is 36.9 Å². The number of nitrogens with two attached hydrogens (primary N) is 1. The van der Waals surface area contributed by atoms with E-state index >= 15 is 0 Å². The van der Waals surface area contributed by atoms with Crippen LogP contribution in [0.1, 0.15) is 54.9 Å². The number of amides is 3. The van der Waals surface area contributed by atoms with E-state index in [9.17, 15) is 23.9 Å². The fraction of sp³-hybridized carbons (Fsp3) is 0.577. The minimum absolute atomic E-state index is 0.00424. The van der Waals surface area contributed by atoms with Gasteiger partial charge in [-0.05, 0) is 62.3 Å². The quantitative estimate of drug-likeness (QED) is 0.423. The summed E-state index contributed by atoms with van der Waals surface area (Å²) in [5.74, 6) is -2.00. The number of unbranched alkanes of at least 4 members (excludes halogenated alkanes) is 1. The molecule has 0 radical (unpaired) electrons. The van der Waals surface area contributed by atoms with Crippen molar-refractivity contribution in [1.29, 1.82) is 0 Å². The Labute approximate surface area is 221 Å². The lowest BCUT2D eigenvalue weighted by Gasteiger charge is -2.41. The number of hydrogen-bond acceptors (Lipinski definition) is 6. The highest BCUT2D eigenvalue weighted by atomic mass is 19.1. The van der Waals surface area contributed by atoms with Gasteiger partial charge in [0.2, 0.25) is 5.91 Å². The van der Waals surface area contributed by atoms with Gasteiger partial charge in [0.05, 0.1) is 23.3 Å². The van der Waals surface area contributed by atoms with Crippen molar-refractivity contribution in [3.05, 3.63) is 41.0 Å². The summed E-state index contributed by atoms with van der Waals surface area (Å²) >= 11 is 0. The number of piperidine rings is 1. The highest BCUT2D eigenvalue weighted by molar-refractivity contribution is 5.94.